The van der Waals surface area contributed by atoms with Crippen LogP contribution in [0, 0.1) is 0 Å². The summed E-state index contributed by atoms with van der Waals surface area (Å²) in [4.78, 5) is 6.44. The first-order valence-corrected chi connectivity index (χ1v) is 6.28. The lowest BCUT2D eigenvalue weighted by atomic mass is 10.0. The molecule has 0 radical (unpaired) electrons. The summed E-state index contributed by atoms with van der Waals surface area (Å²) in [7, 11) is 0. The van der Waals surface area contributed by atoms with E-state index in [9.17, 15) is 5.11 Å². The molecule has 0 amide bonds. The number of anilines is 1. The Hall–Kier alpha value is -0.840. The summed E-state index contributed by atoms with van der Waals surface area (Å²) in [6.07, 6.45) is 3.23. The van der Waals surface area contributed by atoms with E-state index >= 15 is 0 Å². The molecule has 0 spiro atoms. The fourth-order valence-electron chi connectivity index (χ4n) is 2.24. The first kappa shape index (κ1) is 12.6. The molecule has 17 heavy (non-hydrogen) atoms. The molecule has 2 N–H and O–H groups in total. The summed E-state index contributed by atoms with van der Waals surface area (Å²) in [6.45, 7) is 0.869. The number of halogens is 1. The molecule has 1 aliphatic heterocycles. The molecule has 94 valence electrons. The Bertz CT molecular complexity index is 387. The molecule has 1 atom stereocenters. The highest BCUT2D eigenvalue weighted by Gasteiger charge is 2.23. The van der Waals surface area contributed by atoms with Crippen molar-refractivity contribution in [1.82, 2.24) is 4.98 Å². The molecule has 1 fully saturated rings. The maximum atomic E-state index is 9.36. The third kappa shape index (κ3) is 2.70. The Morgan fingerprint density at radius 2 is 2.18 bits per heavy atom. The minimum Gasteiger partial charge on any atom is -0.394 e. The SMILES string of the molecule is OCc1nc(N2CCCCC2CO)ccc1Cl. The molecule has 2 rings (SSSR count). The lowest BCUT2D eigenvalue weighted by Crippen LogP contribution is -2.42. The summed E-state index contributed by atoms with van der Waals surface area (Å²) in [5.41, 5.74) is 0.492. The van der Waals surface area contributed by atoms with Gasteiger partial charge >= 0.3 is 0 Å². The molecule has 0 saturated carbocycles. The van der Waals surface area contributed by atoms with Gasteiger partial charge in [-0.3, -0.25) is 0 Å². The fraction of sp³-hybridized carbons (Fsp3) is 0.583. The molecule has 1 aromatic rings. The van der Waals surface area contributed by atoms with Gasteiger partial charge in [0.05, 0.1) is 30.0 Å². The maximum absolute atomic E-state index is 9.36. The number of hydrogen-bond donors (Lipinski definition) is 2. The van der Waals surface area contributed by atoms with Gasteiger partial charge in [0.15, 0.2) is 0 Å². The monoisotopic (exact) mass is 256 g/mol. The van der Waals surface area contributed by atoms with Gasteiger partial charge in [-0.2, -0.15) is 0 Å². The highest BCUT2D eigenvalue weighted by atomic mass is 35.5. The van der Waals surface area contributed by atoms with E-state index in [-0.39, 0.29) is 19.3 Å². The molecule has 1 aromatic heterocycles. The average molecular weight is 257 g/mol. The van der Waals surface area contributed by atoms with Crippen molar-refractivity contribution in [1.29, 1.82) is 0 Å². The van der Waals surface area contributed by atoms with Crippen molar-refractivity contribution >= 4 is 17.4 Å². The van der Waals surface area contributed by atoms with E-state index in [1.165, 1.54) is 0 Å². The van der Waals surface area contributed by atoms with E-state index in [1.807, 2.05) is 6.07 Å². The summed E-state index contributed by atoms with van der Waals surface area (Å²) < 4.78 is 0. The molecule has 2 heterocycles. The van der Waals surface area contributed by atoms with E-state index in [0.29, 0.717) is 10.7 Å². The zero-order valence-corrected chi connectivity index (χ0v) is 10.4. The topological polar surface area (TPSA) is 56.6 Å². The Labute approximate surface area is 106 Å². The van der Waals surface area contributed by atoms with Gasteiger partial charge in [-0.15, -0.1) is 0 Å². The van der Waals surface area contributed by atoms with Gasteiger partial charge in [-0.25, -0.2) is 4.98 Å². The molecular weight excluding hydrogens is 240 g/mol. The van der Waals surface area contributed by atoms with Gasteiger partial charge in [0, 0.05) is 6.54 Å². The second kappa shape index (κ2) is 5.67. The van der Waals surface area contributed by atoms with E-state index in [2.05, 4.69) is 9.88 Å². The van der Waals surface area contributed by atoms with Crippen LogP contribution in [0.5, 0.6) is 0 Å². The normalized spacial score (nSPS) is 20.6. The predicted octanol–water partition coefficient (Wildman–Crippen LogP) is 1.58. The number of aliphatic hydroxyl groups excluding tert-OH is 2. The molecule has 0 bridgehead atoms. The van der Waals surface area contributed by atoms with Crippen molar-refractivity contribution in [3.8, 4) is 0 Å². The van der Waals surface area contributed by atoms with Crippen LogP contribution >= 0.6 is 11.6 Å². The van der Waals surface area contributed by atoms with E-state index < -0.39 is 0 Å². The Morgan fingerprint density at radius 1 is 1.35 bits per heavy atom. The summed E-state index contributed by atoms with van der Waals surface area (Å²) in [5, 5.41) is 19.0. The molecule has 1 unspecified atom stereocenters. The second-order valence-corrected chi connectivity index (χ2v) is 4.69. The third-order valence-electron chi connectivity index (χ3n) is 3.19. The number of aliphatic hydroxyl groups is 2. The van der Waals surface area contributed by atoms with Gasteiger partial charge in [0.1, 0.15) is 5.82 Å². The van der Waals surface area contributed by atoms with Crippen LogP contribution in [-0.4, -0.2) is 34.4 Å². The second-order valence-electron chi connectivity index (χ2n) is 4.28. The lowest BCUT2D eigenvalue weighted by Gasteiger charge is -2.35. The van der Waals surface area contributed by atoms with Crippen molar-refractivity contribution in [2.45, 2.75) is 31.9 Å². The van der Waals surface area contributed by atoms with Crippen LogP contribution in [0.25, 0.3) is 0 Å². The van der Waals surface area contributed by atoms with Crippen molar-refractivity contribution in [2.75, 3.05) is 18.1 Å². The number of piperidine rings is 1. The number of nitrogens with zero attached hydrogens (tertiary/aromatic N) is 2. The Kier molecular flexibility index (Phi) is 4.20. The number of pyridine rings is 1. The number of hydrogen-bond acceptors (Lipinski definition) is 4. The molecule has 0 aromatic carbocycles. The average Bonchev–Trinajstić information content (AvgIpc) is 2.39. The predicted molar refractivity (Wildman–Crippen MR) is 67.2 cm³/mol. The first-order chi connectivity index (χ1) is 8.26. The highest BCUT2D eigenvalue weighted by Crippen LogP contribution is 2.25. The number of aromatic nitrogens is 1. The van der Waals surface area contributed by atoms with Crippen molar-refractivity contribution < 1.29 is 10.2 Å². The van der Waals surface area contributed by atoms with Crippen LogP contribution in [0.1, 0.15) is 25.0 Å². The summed E-state index contributed by atoms with van der Waals surface area (Å²) in [6, 6.07) is 3.72. The Balaban J connectivity index is 2.25. The van der Waals surface area contributed by atoms with Crippen LogP contribution in [-0.2, 0) is 6.61 Å². The van der Waals surface area contributed by atoms with Crippen molar-refractivity contribution in [3.63, 3.8) is 0 Å². The van der Waals surface area contributed by atoms with Crippen LogP contribution < -0.4 is 4.90 Å². The molecular formula is C12H17ClN2O2. The maximum Gasteiger partial charge on any atom is 0.129 e. The lowest BCUT2D eigenvalue weighted by molar-refractivity contribution is 0.239. The quantitative estimate of drug-likeness (QED) is 0.862. The first-order valence-electron chi connectivity index (χ1n) is 5.90. The summed E-state index contributed by atoms with van der Waals surface area (Å²) >= 11 is 5.92. The highest BCUT2D eigenvalue weighted by molar-refractivity contribution is 6.31. The van der Waals surface area contributed by atoms with Crippen LogP contribution in [0.2, 0.25) is 5.02 Å². The fourth-order valence-corrected chi connectivity index (χ4v) is 2.40. The smallest absolute Gasteiger partial charge is 0.129 e. The zero-order chi connectivity index (χ0) is 12.3. The van der Waals surface area contributed by atoms with Crippen LogP contribution in [0.15, 0.2) is 12.1 Å². The van der Waals surface area contributed by atoms with E-state index in [4.69, 9.17) is 16.7 Å². The van der Waals surface area contributed by atoms with Crippen LogP contribution in [0.4, 0.5) is 5.82 Å². The van der Waals surface area contributed by atoms with Crippen molar-refractivity contribution in [3.05, 3.63) is 22.8 Å². The molecule has 5 heteroatoms. The molecule has 4 nitrogen and oxygen atoms in total. The molecule has 1 saturated heterocycles. The standard InChI is InChI=1S/C12H17ClN2O2/c13-10-4-5-12(14-11(10)8-17)15-6-2-1-3-9(15)7-16/h4-5,9,16-17H,1-3,6-8H2. The van der Waals surface area contributed by atoms with E-state index in [0.717, 1.165) is 31.6 Å². The Morgan fingerprint density at radius 3 is 2.88 bits per heavy atom. The van der Waals surface area contributed by atoms with Gasteiger partial charge in [-0.1, -0.05) is 11.6 Å². The van der Waals surface area contributed by atoms with E-state index in [1.54, 1.807) is 6.07 Å². The largest absolute Gasteiger partial charge is 0.394 e. The zero-order valence-electron chi connectivity index (χ0n) is 9.64. The minimum absolute atomic E-state index is 0.129. The van der Waals surface area contributed by atoms with Gasteiger partial charge in [-0.05, 0) is 31.4 Å². The third-order valence-corrected chi connectivity index (χ3v) is 3.53. The minimum atomic E-state index is -0.162. The molecule has 0 aliphatic carbocycles. The summed E-state index contributed by atoms with van der Waals surface area (Å²) in [5.74, 6) is 0.789. The molecule has 1 aliphatic rings. The van der Waals surface area contributed by atoms with Crippen LogP contribution in [0.3, 0.4) is 0 Å². The van der Waals surface area contributed by atoms with Crippen molar-refractivity contribution in [2.24, 2.45) is 0 Å². The van der Waals surface area contributed by atoms with Gasteiger partial charge in [0.2, 0.25) is 0 Å². The van der Waals surface area contributed by atoms with Gasteiger partial charge in [0.25, 0.3) is 0 Å². The number of rotatable bonds is 3. The van der Waals surface area contributed by atoms with Gasteiger partial charge < -0.3 is 15.1 Å².